The molecule has 0 aliphatic rings. The normalized spacial score (nSPS) is 11.4. The molecule has 0 atom stereocenters. The number of hydrogen-bond donors (Lipinski definition) is 1. The lowest BCUT2D eigenvalue weighted by Gasteiger charge is -2.02. The fourth-order valence-corrected chi connectivity index (χ4v) is 2.28. The SMILES string of the molecule is N/N=C/c1nc(-c2ccccc2Cl)n2ccccc12. The van der Waals surface area contributed by atoms with Crippen molar-refractivity contribution in [3.63, 3.8) is 0 Å². The molecule has 0 saturated carbocycles. The molecule has 3 rings (SSSR count). The van der Waals surface area contributed by atoms with Crippen LogP contribution in [0.3, 0.4) is 0 Å². The first kappa shape index (κ1) is 11.7. The van der Waals surface area contributed by atoms with E-state index in [2.05, 4.69) is 10.1 Å². The Bertz CT molecular complexity index is 761. The average molecular weight is 271 g/mol. The second kappa shape index (κ2) is 4.74. The number of hydrazone groups is 1. The standard InChI is InChI=1S/C14H11ClN4/c15-11-6-2-1-5-10(11)14-18-12(9-17-16)13-7-3-4-8-19(13)14/h1-9H,16H2/b17-9+. The van der Waals surface area contributed by atoms with Crippen molar-refractivity contribution in [3.05, 3.63) is 59.4 Å². The summed E-state index contributed by atoms with van der Waals surface area (Å²) in [5.41, 5.74) is 2.53. The van der Waals surface area contributed by atoms with E-state index in [0.717, 1.165) is 22.6 Å². The van der Waals surface area contributed by atoms with Crippen LogP contribution in [0.15, 0.2) is 53.8 Å². The molecule has 0 radical (unpaired) electrons. The zero-order valence-corrected chi connectivity index (χ0v) is 10.7. The summed E-state index contributed by atoms with van der Waals surface area (Å²) in [6.45, 7) is 0. The van der Waals surface area contributed by atoms with E-state index in [-0.39, 0.29) is 0 Å². The van der Waals surface area contributed by atoms with Crippen LogP contribution in [0.4, 0.5) is 0 Å². The first-order valence-electron chi connectivity index (χ1n) is 5.76. The molecule has 3 aromatic rings. The predicted octanol–water partition coefficient (Wildman–Crippen LogP) is 2.95. The van der Waals surface area contributed by atoms with Crippen molar-refractivity contribution >= 4 is 23.3 Å². The lowest BCUT2D eigenvalue weighted by atomic mass is 10.2. The number of fused-ring (bicyclic) bond motifs is 1. The van der Waals surface area contributed by atoms with Crippen LogP contribution in [0.5, 0.6) is 0 Å². The highest BCUT2D eigenvalue weighted by Gasteiger charge is 2.12. The van der Waals surface area contributed by atoms with Gasteiger partial charge in [-0.1, -0.05) is 29.8 Å². The number of nitrogens with two attached hydrogens (primary N) is 1. The van der Waals surface area contributed by atoms with E-state index in [1.54, 1.807) is 0 Å². The van der Waals surface area contributed by atoms with Crippen LogP contribution in [0, 0.1) is 0 Å². The molecule has 0 aliphatic carbocycles. The molecule has 0 unspecified atom stereocenters. The molecule has 0 saturated heterocycles. The molecule has 0 bridgehead atoms. The zero-order valence-electron chi connectivity index (χ0n) is 9.99. The number of imidazole rings is 1. The maximum absolute atomic E-state index is 6.23. The second-order valence-corrected chi connectivity index (χ2v) is 4.44. The molecule has 1 aromatic carbocycles. The highest BCUT2D eigenvalue weighted by Crippen LogP contribution is 2.28. The van der Waals surface area contributed by atoms with E-state index in [1.165, 1.54) is 6.21 Å². The van der Waals surface area contributed by atoms with Crippen molar-refractivity contribution in [2.75, 3.05) is 0 Å². The molecule has 2 heterocycles. The van der Waals surface area contributed by atoms with Crippen molar-refractivity contribution in [2.24, 2.45) is 10.9 Å². The van der Waals surface area contributed by atoms with Gasteiger partial charge >= 0.3 is 0 Å². The molecular weight excluding hydrogens is 260 g/mol. The van der Waals surface area contributed by atoms with Gasteiger partial charge in [0.25, 0.3) is 0 Å². The van der Waals surface area contributed by atoms with Gasteiger partial charge < -0.3 is 5.84 Å². The number of hydrogen-bond acceptors (Lipinski definition) is 3. The summed E-state index contributed by atoms with van der Waals surface area (Å²) in [5, 5.41) is 4.21. The first-order valence-corrected chi connectivity index (χ1v) is 6.14. The molecule has 2 N–H and O–H groups in total. The Morgan fingerprint density at radius 1 is 1.16 bits per heavy atom. The number of aromatic nitrogens is 2. The van der Waals surface area contributed by atoms with E-state index >= 15 is 0 Å². The number of nitrogens with zero attached hydrogens (tertiary/aromatic N) is 3. The zero-order chi connectivity index (χ0) is 13.2. The maximum atomic E-state index is 6.23. The van der Waals surface area contributed by atoms with Gasteiger partial charge in [-0.05, 0) is 24.3 Å². The van der Waals surface area contributed by atoms with Crippen LogP contribution in [0.1, 0.15) is 5.69 Å². The summed E-state index contributed by atoms with van der Waals surface area (Å²) in [4.78, 5) is 4.56. The number of pyridine rings is 1. The Balaban J connectivity index is 2.33. The minimum Gasteiger partial charge on any atom is -0.323 e. The average Bonchev–Trinajstić information content (AvgIpc) is 2.79. The molecule has 0 amide bonds. The Hall–Kier alpha value is -2.33. The fourth-order valence-electron chi connectivity index (χ4n) is 2.06. The van der Waals surface area contributed by atoms with Crippen molar-refractivity contribution < 1.29 is 0 Å². The second-order valence-electron chi connectivity index (χ2n) is 4.03. The summed E-state index contributed by atoms with van der Waals surface area (Å²) < 4.78 is 1.97. The minimum absolute atomic E-state index is 0.662. The van der Waals surface area contributed by atoms with E-state index in [1.807, 2.05) is 53.1 Å². The quantitative estimate of drug-likeness (QED) is 0.442. The van der Waals surface area contributed by atoms with Crippen molar-refractivity contribution in [3.8, 4) is 11.4 Å². The van der Waals surface area contributed by atoms with Crippen LogP contribution >= 0.6 is 11.6 Å². The third-order valence-corrected chi connectivity index (χ3v) is 3.22. The van der Waals surface area contributed by atoms with E-state index in [0.29, 0.717) is 5.02 Å². The molecule has 0 aliphatic heterocycles. The molecule has 4 nitrogen and oxygen atoms in total. The molecule has 5 heteroatoms. The van der Waals surface area contributed by atoms with Gasteiger partial charge in [-0.25, -0.2) is 4.98 Å². The fraction of sp³-hybridized carbons (Fsp3) is 0. The molecule has 2 aromatic heterocycles. The van der Waals surface area contributed by atoms with Crippen LogP contribution in [0.2, 0.25) is 5.02 Å². The van der Waals surface area contributed by atoms with Crippen LogP contribution in [0.25, 0.3) is 16.9 Å². The van der Waals surface area contributed by atoms with Gasteiger partial charge in [-0.15, -0.1) is 0 Å². The Labute approximate surface area is 115 Å². The summed E-state index contributed by atoms with van der Waals surface area (Å²) in [6.07, 6.45) is 3.48. The van der Waals surface area contributed by atoms with Gasteiger partial charge in [0, 0.05) is 11.8 Å². The summed E-state index contributed by atoms with van der Waals surface area (Å²) in [5.74, 6) is 6.00. The molecule has 19 heavy (non-hydrogen) atoms. The van der Waals surface area contributed by atoms with Crippen LogP contribution in [-0.2, 0) is 0 Å². The van der Waals surface area contributed by atoms with Crippen LogP contribution < -0.4 is 5.84 Å². The number of rotatable bonds is 2. The van der Waals surface area contributed by atoms with Crippen molar-refractivity contribution in [1.29, 1.82) is 0 Å². The van der Waals surface area contributed by atoms with E-state index in [9.17, 15) is 0 Å². The smallest absolute Gasteiger partial charge is 0.146 e. The Kier molecular flexibility index (Phi) is 2.93. The third kappa shape index (κ3) is 1.96. The summed E-state index contributed by atoms with van der Waals surface area (Å²) in [7, 11) is 0. The lowest BCUT2D eigenvalue weighted by molar-refractivity contribution is 1.16. The molecule has 94 valence electrons. The van der Waals surface area contributed by atoms with Gasteiger partial charge in [-0.3, -0.25) is 4.40 Å². The van der Waals surface area contributed by atoms with Crippen molar-refractivity contribution in [2.45, 2.75) is 0 Å². The van der Waals surface area contributed by atoms with Gasteiger partial charge in [0.05, 0.1) is 16.8 Å². The van der Waals surface area contributed by atoms with Crippen molar-refractivity contribution in [1.82, 2.24) is 9.38 Å². The van der Waals surface area contributed by atoms with Gasteiger partial charge in [0.15, 0.2) is 0 Å². The predicted molar refractivity (Wildman–Crippen MR) is 77.4 cm³/mol. The number of benzene rings is 1. The Morgan fingerprint density at radius 2 is 1.95 bits per heavy atom. The number of halogens is 1. The van der Waals surface area contributed by atoms with Gasteiger partial charge in [-0.2, -0.15) is 5.10 Å². The molecule has 0 fully saturated rings. The third-order valence-electron chi connectivity index (χ3n) is 2.89. The van der Waals surface area contributed by atoms with Gasteiger partial charge in [0.2, 0.25) is 0 Å². The summed E-state index contributed by atoms with van der Waals surface area (Å²) >= 11 is 6.23. The largest absolute Gasteiger partial charge is 0.323 e. The summed E-state index contributed by atoms with van der Waals surface area (Å²) in [6, 6.07) is 13.5. The lowest BCUT2D eigenvalue weighted by Crippen LogP contribution is -1.88. The van der Waals surface area contributed by atoms with Crippen LogP contribution in [-0.4, -0.2) is 15.6 Å². The minimum atomic E-state index is 0.662. The topological polar surface area (TPSA) is 55.7 Å². The molecule has 0 spiro atoms. The highest BCUT2D eigenvalue weighted by molar-refractivity contribution is 6.33. The van der Waals surface area contributed by atoms with E-state index in [4.69, 9.17) is 17.4 Å². The Morgan fingerprint density at radius 3 is 2.74 bits per heavy atom. The highest BCUT2D eigenvalue weighted by atomic mass is 35.5. The first-order chi connectivity index (χ1) is 9.31. The van der Waals surface area contributed by atoms with Gasteiger partial charge in [0.1, 0.15) is 11.5 Å². The molecular formula is C14H11ClN4. The monoisotopic (exact) mass is 270 g/mol. The maximum Gasteiger partial charge on any atom is 0.146 e. The van der Waals surface area contributed by atoms with E-state index < -0.39 is 0 Å².